The molecule has 0 aromatic carbocycles. The van der Waals surface area contributed by atoms with Crippen molar-refractivity contribution in [2.24, 2.45) is 5.92 Å². The number of hydrogen-bond acceptors (Lipinski definition) is 3. The van der Waals surface area contributed by atoms with Crippen LogP contribution in [0.25, 0.3) is 0 Å². The van der Waals surface area contributed by atoms with Crippen molar-refractivity contribution < 1.29 is 9.66 Å². The maximum atomic E-state index is 10.7. The Bertz CT molecular complexity index is 248. The van der Waals surface area contributed by atoms with Gasteiger partial charge in [0.15, 0.2) is 0 Å². The van der Waals surface area contributed by atoms with Gasteiger partial charge in [-0.3, -0.25) is 10.1 Å². The van der Waals surface area contributed by atoms with Crippen molar-refractivity contribution in [3.63, 3.8) is 0 Å². The Morgan fingerprint density at radius 3 is 2.57 bits per heavy atom. The Hall–Kier alpha value is -0.900. The fourth-order valence-corrected chi connectivity index (χ4v) is 1.61. The lowest BCUT2D eigenvalue weighted by Crippen LogP contribution is -2.12. The molecule has 1 aliphatic rings. The number of nitro groups is 1. The van der Waals surface area contributed by atoms with Crippen LogP contribution in [-0.2, 0) is 4.74 Å². The van der Waals surface area contributed by atoms with Gasteiger partial charge >= 0.3 is 0 Å². The second kappa shape index (κ2) is 4.55. The van der Waals surface area contributed by atoms with Gasteiger partial charge in [0.05, 0.1) is 17.1 Å². The molecule has 80 valence electrons. The lowest BCUT2D eigenvalue weighted by Gasteiger charge is -2.07. The average molecular weight is 199 g/mol. The van der Waals surface area contributed by atoms with Crippen molar-refractivity contribution in [1.29, 1.82) is 0 Å². The third-order valence-corrected chi connectivity index (χ3v) is 2.42. The highest BCUT2D eigenvalue weighted by atomic mass is 16.6. The van der Waals surface area contributed by atoms with Gasteiger partial charge < -0.3 is 4.74 Å². The van der Waals surface area contributed by atoms with Crippen LogP contribution in [0.4, 0.5) is 0 Å². The zero-order valence-electron chi connectivity index (χ0n) is 8.90. The van der Waals surface area contributed by atoms with E-state index in [0.717, 1.165) is 12.8 Å². The van der Waals surface area contributed by atoms with E-state index in [1.807, 2.05) is 20.8 Å². The van der Waals surface area contributed by atoms with Crippen LogP contribution in [0.1, 0.15) is 33.6 Å². The van der Waals surface area contributed by atoms with Crippen molar-refractivity contribution in [3.8, 4) is 0 Å². The van der Waals surface area contributed by atoms with E-state index in [2.05, 4.69) is 0 Å². The molecule has 0 spiro atoms. The summed E-state index contributed by atoms with van der Waals surface area (Å²) >= 11 is 0. The monoisotopic (exact) mass is 199 g/mol. The molecular weight excluding hydrogens is 182 g/mol. The van der Waals surface area contributed by atoms with Gasteiger partial charge in [-0.1, -0.05) is 13.8 Å². The minimum Gasteiger partial charge on any atom is -0.371 e. The van der Waals surface area contributed by atoms with Gasteiger partial charge in [-0.05, 0) is 19.8 Å². The number of nitrogens with zero attached hydrogens (tertiary/aromatic N) is 1. The number of hydrogen-bond donors (Lipinski definition) is 0. The van der Waals surface area contributed by atoms with Crippen LogP contribution >= 0.6 is 0 Å². The van der Waals surface area contributed by atoms with Gasteiger partial charge in [0.25, 0.3) is 0 Å². The topological polar surface area (TPSA) is 52.4 Å². The molecule has 4 nitrogen and oxygen atoms in total. The fraction of sp³-hybridized carbons (Fsp3) is 0.800. The molecule has 2 unspecified atom stereocenters. The first kappa shape index (κ1) is 11.2. The van der Waals surface area contributed by atoms with E-state index in [1.165, 1.54) is 0 Å². The van der Waals surface area contributed by atoms with E-state index in [1.54, 1.807) is 6.08 Å². The molecule has 1 aliphatic heterocycles. The summed E-state index contributed by atoms with van der Waals surface area (Å²) in [6.07, 6.45) is 3.72. The molecule has 0 aromatic rings. The third-order valence-electron chi connectivity index (χ3n) is 2.42. The smallest absolute Gasteiger partial charge is 0.247 e. The van der Waals surface area contributed by atoms with Crippen LogP contribution in [0.5, 0.6) is 0 Å². The molecule has 1 fully saturated rings. The second-order valence-corrected chi connectivity index (χ2v) is 4.07. The van der Waals surface area contributed by atoms with Crippen LogP contribution in [0.3, 0.4) is 0 Å². The molecule has 2 atom stereocenters. The lowest BCUT2D eigenvalue weighted by molar-refractivity contribution is -0.433. The van der Waals surface area contributed by atoms with Gasteiger partial charge in [0.2, 0.25) is 5.70 Å². The quantitative estimate of drug-likeness (QED) is 0.518. The Kier molecular flexibility index (Phi) is 3.63. The minimum absolute atomic E-state index is 0.0514. The van der Waals surface area contributed by atoms with Crippen LogP contribution in [0.2, 0.25) is 0 Å². The summed E-state index contributed by atoms with van der Waals surface area (Å²) in [5, 5.41) is 10.7. The summed E-state index contributed by atoms with van der Waals surface area (Å²) < 4.78 is 5.51. The molecule has 1 heterocycles. The fourth-order valence-electron chi connectivity index (χ4n) is 1.61. The summed E-state index contributed by atoms with van der Waals surface area (Å²) in [5.41, 5.74) is 0.268. The van der Waals surface area contributed by atoms with Crippen molar-refractivity contribution in [3.05, 3.63) is 21.9 Å². The van der Waals surface area contributed by atoms with Crippen molar-refractivity contribution in [1.82, 2.24) is 0 Å². The molecule has 0 aromatic heterocycles. The largest absolute Gasteiger partial charge is 0.371 e. The Labute approximate surface area is 84.1 Å². The van der Waals surface area contributed by atoms with Gasteiger partial charge in [-0.25, -0.2) is 0 Å². The van der Waals surface area contributed by atoms with Crippen molar-refractivity contribution in [2.75, 3.05) is 0 Å². The summed E-state index contributed by atoms with van der Waals surface area (Å²) in [6.45, 7) is 5.65. The lowest BCUT2D eigenvalue weighted by atomic mass is 10.1. The number of ether oxygens (including phenoxy) is 1. The molecular formula is C10H17NO3. The first-order chi connectivity index (χ1) is 6.50. The molecule has 0 amide bonds. The van der Waals surface area contributed by atoms with Gasteiger partial charge in [0.1, 0.15) is 0 Å². The predicted octanol–water partition coefficient (Wildman–Crippen LogP) is 2.37. The Balaban J connectivity index is 2.68. The van der Waals surface area contributed by atoms with Crippen molar-refractivity contribution >= 4 is 0 Å². The molecule has 0 aliphatic carbocycles. The van der Waals surface area contributed by atoms with E-state index in [4.69, 9.17) is 4.74 Å². The maximum Gasteiger partial charge on any atom is 0.247 e. The van der Waals surface area contributed by atoms with Crippen LogP contribution in [-0.4, -0.2) is 17.1 Å². The molecule has 0 radical (unpaired) electrons. The van der Waals surface area contributed by atoms with E-state index >= 15 is 0 Å². The molecule has 0 N–H and O–H groups in total. The highest BCUT2D eigenvalue weighted by molar-refractivity contribution is 5.01. The first-order valence-corrected chi connectivity index (χ1v) is 5.02. The van der Waals surface area contributed by atoms with E-state index < -0.39 is 0 Å². The highest BCUT2D eigenvalue weighted by Gasteiger charge is 2.24. The summed E-state index contributed by atoms with van der Waals surface area (Å²) in [7, 11) is 0. The van der Waals surface area contributed by atoms with Crippen molar-refractivity contribution in [2.45, 2.75) is 45.8 Å². The van der Waals surface area contributed by atoms with E-state index in [9.17, 15) is 10.1 Å². The molecule has 0 saturated carbocycles. The van der Waals surface area contributed by atoms with Gasteiger partial charge in [-0.15, -0.1) is 0 Å². The zero-order chi connectivity index (χ0) is 10.7. The van der Waals surface area contributed by atoms with Crippen LogP contribution in [0, 0.1) is 16.0 Å². The van der Waals surface area contributed by atoms with E-state index in [0.29, 0.717) is 0 Å². The summed E-state index contributed by atoms with van der Waals surface area (Å²) in [4.78, 5) is 10.4. The highest BCUT2D eigenvalue weighted by Crippen LogP contribution is 2.22. The van der Waals surface area contributed by atoms with Crippen LogP contribution in [0.15, 0.2) is 11.8 Å². The molecule has 1 saturated heterocycles. The normalized spacial score (nSPS) is 28.4. The average Bonchev–Trinajstić information content (AvgIpc) is 2.46. The summed E-state index contributed by atoms with van der Waals surface area (Å²) in [6, 6.07) is 0. The number of allylic oxidation sites excluding steroid dienone is 1. The third kappa shape index (κ3) is 2.80. The Morgan fingerprint density at radius 2 is 2.21 bits per heavy atom. The maximum absolute atomic E-state index is 10.7. The second-order valence-electron chi connectivity index (χ2n) is 4.07. The molecule has 0 bridgehead atoms. The van der Waals surface area contributed by atoms with Crippen LogP contribution < -0.4 is 0 Å². The summed E-state index contributed by atoms with van der Waals surface area (Å²) in [5.74, 6) is -0.0514. The minimum atomic E-state index is -0.309. The van der Waals surface area contributed by atoms with Gasteiger partial charge in [0, 0.05) is 12.0 Å². The molecule has 14 heavy (non-hydrogen) atoms. The Morgan fingerprint density at radius 1 is 1.57 bits per heavy atom. The standard InChI is InChI=1S/C10H17NO3/c1-7(2)10(11(12)13)6-9-5-4-8(3)14-9/h6-9H,4-5H2,1-3H3. The SMILES string of the molecule is CC1CCC(C=C(C(C)C)[N+](=O)[O-])O1. The zero-order valence-corrected chi connectivity index (χ0v) is 8.90. The van der Waals surface area contributed by atoms with Gasteiger partial charge in [-0.2, -0.15) is 0 Å². The predicted molar refractivity (Wildman–Crippen MR) is 53.5 cm³/mol. The van der Waals surface area contributed by atoms with E-state index in [-0.39, 0.29) is 28.7 Å². The number of rotatable bonds is 3. The first-order valence-electron chi connectivity index (χ1n) is 5.02. The molecule has 1 rings (SSSR count). The molecule has 4 heteroatoms.